The van der Waals surface area contributed by atoms with E-state index in [9.17, 15) is 4.79 Å². The molecule has 0 aliphatic carbocycles. The minimum absolute atomic E-state index is 0.178. The average Bonchev–Trinajstić information content (AvgIpc) is 3.01. The minimum Gasteiger partial charge on any atom is -0.381 e. The van der Waals surface area contributed by atoms with E-state index in [0.717, 1.165) is 13.0 Å². The van der Waals surface area contributed by atoms with Gasteiger partial charge in [-0.15, -0.1) is 0 Å². The first-order valence-corrected chi connectivity index (χ1v) is 5.70. The van der Waals surface area contributed by atoms with Crippen LogP contribution in [0.3, 0.4) is 0 Å². The highest BCUT2D eigenvalue weighted by molar-refractivity contribution is 5.44. The van der Waals surface area contributed by atoms with Crippen molar-refractivity contribution in [2.45, 2.75) is 12.3 Å². The van der Waals surface area contributed by atoms with Gasteiger partial charge in [-0.25, -0.2) is 4.68 Å². The lowest BCUT2D eigenvalue weighted by Crippen LogP contribution is -2.18. The zero-order chi connectivity index (χ0) is 12.5. The fourth-order valence-corrected chi connectivity index (χ4v) is 1.86. The molecule has 1 fully saturated rings. The van der Waals surface area contributed by atoms with E-state index >= 15 is 0 Å². The predicted molar refractivity (Wildman–Crippen MR) is 60.9 cm³/mol. The molecular formula is C11H12N4O3. The normalized spacial score (nSPS) is 19.3. The molecule has 0 radical (unpaired) electrons. The van der Waals surface area contributed by atoms with E-state index in [1.807, 2.05) is 0 Å². The van der Waals surface area contributed by atoms with Crippen molar-refractivity contribution in [3.8, 4) is 11.6 Å². The highest BCUT2D eigenvalue weighted by Gasteiger charge is 2.23. The summed E-state index contributed by atoms with van der Waals surface area (Å²) in [7, 11) is 1.58. The van der Waals surface area contributed by atoms with Crippen molar-refractivity contribution in [3.05, 3.63) is 28.3 Å². The maximum atomic E-state index is 11.2. The molecule has 0 unspecified atom stereocenters. The summed E-state index contributed by atoms with van der Waals surface area (Å²) in [5.41, 5.74) is 0.317. The van der Waals surface area contributed by atoms with Crippen LogP contribution in [0.4, 0.5) is 0 Å². The van der Waals surface area contributed by atoms with E-state index in [2.05, 4.69) is 15.2 Å². The lowest BCUT2D eigenvalue weighted by Gasteiger charge is -1.98. The molecule has 0 bridgehead atoms. The lowest BCUT2D eigenvalue weighted by atomic mass is 10.1. The Labute approximate surface area is 102 Å². The first-order valence-electron chi connectivity index (χ1n) is 5.70. The van der Waals surface area contributed by atoms with Crippen LogP contribution in [0.25, 0.3) is 11.6 Å². The first kappa shape index (κ1) is 11.1. The molecule has 0 saturated carbocycles. The van der Waals surface area contributed by atoms with Crippen LogP contribution < -0.4 is 5.56 Å². The van der Waals surface area contributed by atoms with Crippen molar-refractivity contribution in [1.82, 2.24) is 19.9 Å². The fourth-order valence-electron chi connectivity index (χ4n) is 1.86. The van der Waals surface area contributed by atoms with Crippen molar-refractivity contribution >= 4 is 0 Å². The van der Waals surface area contributed by atoms with Gasteiger partial charge in [0.05, 0.1) is 6.61 Å². The molecule has 3 heterocycles. The molecule has 0 amide bonds. The van der Waals surface area contributed by atoms with E-state index in [0.29, 0.717) is 24.0 Å². The smallest absolute Gasteiger partial charge is 0.278 e. The van der Waals surface area contributed by atoms with Gasteiger partial charge in [-0.05, 0) is 12.5 Å². The van der Waals surface area contributed by atoms with Crippen LogP contribution in [0.5, 0.6) is 0 Å². The molecule has 0 aromatic carbocycles. The predicted octanol–water partition coefficient (Wildman–Crippen LogP) is 0.334. The molecule has 7 heteroatoms. The summed E-state index contributed by atoms with van der Waals surface area (Å²) in [6.45, 7) is 1.35. The average molecular weight is 248 g/mol. The van der Waals surface area contributed by atoms with Gasteiger partial charge >= 0.3 is 0 Å². The molecule has 0 spiro atoms. The molecule has 3 rings (SSSR count). The fraction of sp³-hybridized carbons (Fsp3) is 0.455. The maximum absolute atomic E-state index is 11.2. The Morgan fingerprint density at radius 2 is 2.33 bits per heavy atom. The number of hydrogen-bond acceptors (Lipinski definition) is 6. The summed E-state index contributed by atoms with van der Waals surface area (Å²) in [6, 6.07) is 3.00. The Morgan fingerprint density at radius 1 is 1.44 bits per heavy atom. The maximum Gasteiger partial charge on any atom is 0.278 e. The molecule has 1 atom stereocenters. The van der Waals surface area contributed by atoms with Gasteiger partial charge in [-0.2, -0.15) is 10.1 Å². The zero-order valence-corrected chi connectivity index (χ0v) is 9.87. The van der Waals surface area contributed by atoms with Crippen LogP contribution in [-0.2, 0) is 11.8 Å². The monoisotopic (exact) mass is 248 g/mol. The first-order chi connectivity index (χ1) is 8.74. The largest absolute Gasteiger partial charge is 0.381 e. The second kappa shape index (κ2) is 4.34. The Balaban J connectivity index is 1.92. The summed E-state index contributed by atoms with van der Waals surface area (Å²) in [5, 5.41) is 7.99. The van der Waals surface area contributed by atoms with Crippen molar-refractivity contribution in [3.63, 3.8) is 0 Å². The van der Waals surface area contributed by atoms with Crippen molar-refractivity contribution in [2.75, 3.05) is 13.2 Å². The van der Waals surface area contributed by atoms with E-state index < -0.39 is 0 Å². The molecule has 1 aliphatic heterocycles. The van der Waals surface area contributed by atoms with Crippen LogP contribution in [0.1, 0.15) is 18.2 Å². The molecule has 1 aliphatic rings. The topological polar surface area (TPSA) is 83.0 Å². The van der Waals surface area contributed by atoms with Crippen LogP contribution >= 0.6 is 0 Å². The van der Waals surface area contributed by atoms with E-state index in [1.165, 1.54) is 10.7 Å². The Bertz CT molecular complexity index is 613. The zero-order valence-electron chi connectivity index (χ0n) is 9.87. The van der Waals surface area contributed by atoms with Gasteiger partial charge in [0.1, 0.15) is 5.69 Å². The SMILES string of the molecule is Cn1nc(-c2nc([C@@H]3CCOC3)no2)ccc1=O. The van der Waals surface area contributed by atoms with E-state index in [1.54, 1.807) is 13.1 Å². The summed E-state index contributed by atoms with van der Waals surface area (Å²) >= 11 is 0. The standard InChI is InChI=1S/C11H12N4O3/c1-15-9(16)3-2-8(13-15)11-12-10(14-18-11)7-4-5-17-6-7/h2-3,7H,4-6H2,1H3/t7-/m1/s1. The van der Waals surface area contributed by atoms with Crippen molar-refractivity contribution in [2.24, 2.45) is 7.05 Å². The highest BCUT2D eigenvalue weighted by atomic mass is 16.5. The number of nitrogens with zero attached hydrogens (tertiary/aromatic N) is 4. The summed E-state index contributed by atoms with van der Waals surface area (Å²) < 4.78 is 11.7. The van der Waals surface area contributed by atoms with Crippen LogP contribution in [-0.4, -0.2) is 33.1 Å². The quantitative estimate of drug-likeness (QED) is 0.761. The third-order valence-electron chi connectivity index (χ3n) is 2.92. The van der Waals surface area contributed by atoms with Crippen molar-refractivity contribution in [1.29, 1.82) is 0 Å². The van der Waals surface area contributed by atoms with Gasteiger partial charge in [0.25, 0.3) is 11.4 Å². The van der Waals surface area contributed by atoms with E-state index in [-0.39, 0.29) is 11.5 Å². The Kier molecular flexibility index (Phi) is 2.67. The summed E-state index contributed by atoms with van der Waals surface area (Å²) in [5.74, 6) is 1.15. The Hall–Kier alpha value is -2.02. The van der Waals surface area contributed by atoms with Crippen molar-refractivity contribution < 1.29 is 9.26 Å². The molecule has 18 heavy (non-hydrogen) atoms. The van der Waals surface area contributed by atoms with Gasteiger partial charge in [-0.1, -0.05) is 5.16 Å². The minimum atomic E-state index is -0.178. The highest BCUT2D eigenvalue weighted by Crippen LogP contribution is 2.24. The second-order valence-electron chi connectivity index (χ2n) is 4.20. The van der Waals surface area contributed by atoms with Gasteiger partial charge in [-0.3, -0.25) is 4.79 Å². The van der Waals surface area contributed by atoms with Gasteiger partial charge in [0, 0.05) is 25.6 Å². The third kappa shape index (κ3) is 1.92. The number of hydrogen-bond donors (Lipinski definition) is 0. The van der Waals surface area contributed by atoms with Gasteiger partial charge in [0.15, 0.2) is 5.82 Å². The molecule has 7 nitrogen and oxygen atoms in total. The van der Waals surface area contributed by atoms with Gasteiger partial charge in [0.2, 0.25) is 0 Å². The number of aryl methyl sites for hydroxylation is 1. The molecule has 2 aromatic rings. The second-order valence-corrected chi connectivity index (χ2v) is 4.20. The number of aromatic nitrogens is 4. The number of rotatable bonds is 2. The van der Waals surface area contributed by atoms with Crippen LogP contribution in [0.15, 0.2) is 21.5 Å². The van der Waals surface area contributed by atoms with Crippen LogP contribution in [0, 0.1) is 0 Å². The summed E-state index contributed by atoms with van der Waals surface area (Å²) in [6.07, 6.45) is 0.902. The van der Waals surface area contributed by atoms with E-state index in [4.69, 9.17) is 9.26 Å². The molecule has 94 valence electrons. The molecule has 1 saturated heterocycles. The summed E-state index contributed by atoms with van der Waals surface area (Å²) in [4.78, 5) is 15.5. The molecular weight excluding hydrogens is 236 g/mol. The van der Waals surface area contributed by atoms with Gasteiger partial charge < -0.3 is 9.26 Å². The number of ether oxygens (including phenoxy) is 1. The third-order valence-corrected chi connectivity index (χ3v) is 2.92. The molecule has 0 N–H and O–H groups in total. The lowest BCUT2D eigenvalue weighted by molar-refractivity contribution is 0.192. The van der Waals surface area contributed by atoms with Crippen LogP contribution in [0.2, 0.25) is 0 Å². The Morgan fingerprint density at radius 3 is 3.06 bits per heavy atom. The molecule has 2 aromatic heterocycles.